The molecule has 0 spiro atoms. The molecule has 0 aliphatic carbocycles. The predicted molar refractivity (Wildman–Crippen MR) is 96.2 cm³/mol. The number of rotatable bonds is 16. The maximum absolute atomic E-state index is 11.7. The SMILES string of the molecule is CCCCCCCCCCCC(=O)OC(C)CCCCCC. The van der Waals surface area contributed by atoms with E-state index >= 15 is 0 Å². The Bertz CT molecular complexity index is 238. The molecule has 0 fully saturated rings. The molecule has 0 aromatic rings. The van der Waals surface area contributed by atoms with Crippen molar-refractivity contribution in [2.45, 2.75) is 123 Å². The van der Waals surface area contributed by atoms with E-state index in [0.29, 0.717) is 6.42 Å². The maximum atomic E-state index is 11.7. The largest absolute Gasteiger partial charge is 0.463 e. The molecular weight excluding hydrogens is 272 g/mol. The lowest BCUT2D eigenvalue weighted by atomic mass is 10.1. The number of unbranched alkanes of at least 4 members (excludes halogenated alkanes) is 11. The van der Waals surface area contributed by atoms with Gasteiger partial charge in [-0.05, 0) is 26.2 Å². The summed E-state index contributed by atoms with van der Waals surface area (Å²) in [5.41, 5.74) is 0. The van der Waals surface area contributed by atoms with Crippen molar-refractivity contribution in [1.29, 1.82) is 0 Å². The van der Waals surface area contributed by atoms with Crippen molar-refractivity contribution in [3.05, 3.63) is 0 Å². The molecule has 132 valence electrons. The van der Waals surface area contributed by atoms with Crippen molar-refractivity contribution in [2.24, 2.45) is 0 Å². The lowest BCUT2D eigenvalue weighted by Crippen LogP contribution is -2.14. The van der Waals surface area contributed by atoms with Gasteiger partial charge in [0.2, 0.25) is 0 Å². The molecule has 1 unspecified atom stereocenters. The summed E-state index contributed by atoms with van der Waals surface area (Å²) < 4.78 is 5.46. The quantitative estimate of drug-likeness (QED) is 0.231. The Morgan fingerprint density at radius 3 is 1.73 bits per heavy atom. The summed E-state index contributed by atoms with van der Waals surface area (Å²) in [6, 6.07) is 0. The third kappa shape index (κ3) is 15.9. The van der Waals surface area contributed by atoms with Gasteiger partial charge in [-0.3, -0.25) is 4.79 Å². The molecule has 0 aliphatic rings. The average molecular weight is 313 g/mol. The number of carbonyl (C=O) groups excluding carboxylic acids is 1. The number of esters is 1. The normalized spacial score (nSPS) is 12.3. The molecule has 0 aliphatic heterocycles. The number of hydrogen-bond acceptors (Lipinski definition) is 2. The van der Waals surface area contributed by atoms with Crippen LogP contribution in [0, 0.1) is 0 Å². The highest BCUT2D eigenvalue weighted by Crippen LogP contribution is 2.12. The first kappa shape index (κ1) is 21.5. The van der Waals surface area contributed by atoms with Crippen LogP contribution in [0.4, 0.5) is 0 Å². The second-order valence-electron chi connectivity index (χ2n) is 6.73. The van der Waals surface area contributed by atoms with E-state index in [1.165, 1.54) is 77.0 Å². The van der Waals surface area contributed by atoms with E-state index in [1.54, 1.807) is 0 Å². The van der Waals surface area contributed by atoms with Crippen molar-refractivity contribution >= 4 is 5.97 Å². The fourth-order valence-electron chi connectivity index (χ4n) is 2.78. The van der Waals surface area contributed by atoms with E-state index in [-0.39, 0.29) is 12.1 Å². The Hall–Kier alpha value is -0.530. The summed E-state index contributed by atoms with van der Waals surface area (Å²) in [5.74, 6) is 0.00550. The van der Waals surface area contributed by atoms with Crippen LogP contribution in [-0.2, 0) is 9.53 Å². The van der Waals surface area contributed by atoms with Crippen LogP contribution < -0.4 is 0 Å². The molecule has 0 N–H and O–H groups in total. The van der Waals surface area contributed by atoms with Gasteiger partial charge in [-0.2, -0.15) is 0 Å². The van der Waals surface area contributed by atoms with E-state index in [1.807, 2.05) is 6.92 Å². The zero-order chi connectivity index (χ0) is 16.5. The van der Waals surface area contributed by atoms with Crippen LogP contribution in [-0.4, -0.2) is 12.1 Å². The summed E-state index contributed by atoms with van der Waals surface area (Å²) in [6.07, 6.45) is 18.3. The number of carbonyl (C=O) groups is 1. The van der Waals surface area contributed by atoms with Gasteiger partial charge in [-0.15, -0.1) is 0 Å². The van der Waals surface area contributed by atoms with Gasteiger partial charge >= 0.3 is 5.97 Å². The summed E-state index contributed by atoms with van der Waals surface area (Å²) in [4.78, 5) is 11.7. The van der Waals surface area contributed by atoms with Crippen molar-refractivity contribution < 1.29 is 9.53 Å². The molecule has 0 aromatic carbocycles. The second-order valence-corrected chi connectivity index (χ2v) is 6.73. The number of ether oxygens (including phenoxy) is 1. The van der Waals surface area contributed by atoms with Gasteiger partial charge < -0.3 is 4.74 Å². The smallest absolute Gasteiger partial charge is 0.306 e. The summed E-state index contributed by atoms with van der Waals surface area (Å²) in [6.45, 7) is 6.50. The summed E-state index contributed by atoms with van der Waals surface area (Å²) in [7, 11) is 0. The third-order valence-corrected chi connectivity index (χ3v) is 4.28. The highest BCUT2D eigenvalue weighted by Gasteiger charge is 2.08. The topological polar surface area (TPSA) is 26.3 Å². The van der Waals surface area contributed by atoms with Crippen molar-refractivity contribution in [1.82, 2.24) is 0 Å². The van der Waals surface area contributed by atoms with Crippen molar-refractivity contribution in [3.8, 4) is 0 Å². The Morgan fingerprint density at radius 2 is 1.18 bits per heavy atom. The Balaban J connectivity index is 3.31. The van der Waals surface area contributed by atoms with Crippen LogP contribution in [0.25, 0.3) is 0 Å². The maximum Gasteiger partial charge on any atom is 0.306 e. The lowest BCUT2D eigenvalue weighted by Gasteiger charge is -2.13. The zero-order valence-electron chi connectivity index (χ0n) is 15.5. The lowest BCUT2D eigenvalue weighted by molar-refractivity contribution is -0.148. The standard InChI is InChI=1S/C20H40O2/c1-4-6-8-10-11-12-13-14-16-18-20(21)22-19(3)17-15-9-7-5-2/h19H,4-18H2,1-3H3. The molecule has 22 heavy (non-hydrogen) atoms. The first-order valence-corrected chi connectivity index (χ1v) is 9.90. The fourth-order valence-corrected chi connectivity index (χ4v) is 2.78. The molecule has 2 heteroatoms. The van der Waals surface area contributed by atoms with Crippen LogP contribution in [0.3, 0.4) is 0 Å². The van der Waals surface area contributed by atoms with E-state index < -0.39 is 0 Å². The van der Waals surface area contributed by atoms with E-state index in [4.69, 9.17) is 4.74 Å². The van der Waals surface area contributed by atoms with Crippen LogP contribution in [0.2, 0.25) is 0 Å². The van der Waals surface area contributed by atoms with Gasteiger partial charge in [0, 0.05) is 6.42 Å². The fraction of sp³-hybridized carbons (Fsp3) is 0.950. The summed E-state index contributed by atoms with van der Waals surface area (Å²) >= 11 is 0. The monoisotopic (exact) mass is 312 g/mol. The molecular formula is C20H40O2. The van der Waals surface area contributed by atoms with Gasteiger partial charge in [-0.25, -0.2) is 0 Å². The minimum Gasteiger partial charge on any atom is -0.463 e. The number of hydrogen-bond donors (Lipinski definition) is 0. The zero-order valence-corrected chi connectivity index (χ0v) is 15.5. The molecule has 0 aromatic heterocycles. The van der Waals surface area contributed by atoms with E-state index in [9.17, 15) is 4.79 Å². The van der Waals surface area contributed by atoms with Crippen LogP contribution in [0.1, 0.15) is 117 Å². The van der Waals surface area contributed by atoms with Gasteiger partial charge in [0.05, 0.1) is 6.10 Å². The third-order valence-electron chi connectivity index (χ3n) is 4.28. The minimum absolute atomic E-state index is 0.00550. The Labute approximate surface area is 139 Å². The highest BCUT2D eigenvalue weighted by molar-refractivity contribution is 5.69. The van der Waals surface area contributed by atoms with Crippen molar-refractivity contribution in [2.75, 3.05) is 0 Å². The van der Waals surface area contributed by atoms with Gasteiger partial charge in [0.1, 0.15) is 0 Å². The summed E-state index contributed by atoms with van der Waals surface area (Å²) in [5, 5.41) is 0. The van der Waals surface area contributed by atoms with Crippen molar-refractivity contribution in [3.63, 3.8) is 0 Å². The van der Waals surface area contributed by atoms with Crippen LogP contribution in [0.15, 0.2) is 0 Å². The molecule has 0 rings (SSSR count). The van der Waals surface area contributed by atoms with Crippen LogP contribution in [0.5, 0.6) is 0 Å². The van der Waals surface area contributed by atoms with Gasteiger partial charge in [-0.1, -0.05) is 84.5 Å². The predicted octanol–water partition coefficient (Wildman–Crippen LogP) is 6.81. The Morgan fingerprint density at radius 1 is 0.727 bits per heavy atom. The molecule has 0 saturated carbocycles. The van der Waals surface area contributed by atoms with Crippen LogP contribution >= 0.6 is 0 Å². The van der Waals surface area contributed by atoms with Gasteiger partial charge in [0.15, 0.2) is 0 Å². The van der Waals surface area contributed by atoms with Gasteiger partial charge in [0.25, 0.3) is 0 Å². The first-order valence-electron chi connectivity index (χ1n) is 9.90. The minimum atomic E-state index is 0.00550. The molecule has 0 amide bonds. The van der Waals surface area contributed by atoms with E-state index in [0.717, 1.165) is 12.8 Å². The molecule has 0 heterocycles. The molecule has 1 atom stereocenters. The van der Waals surface area contributed by atoms with E-state index in [2.05, 4.69) is 13.8 Å². The Kier molecular flexibility index (Phi) is 16.4. The molecule has 2 nitrogen and oxygen atoms in total. The first-order chi connectivity index (χ1) is 10.7. The highest BCUT2D eigenvalue weighted by atomic mass is 16.5. The average Bonchev–Trinajstić information content (AvgIpc) is 2.50. The second kappa shape index (κ2) is 16.8. The molecule has 0 bridgehead atoms. The molecule has 0 saturated heterocycles. The molecule has 0 radical (unpaired) electrons.